The number of aldehydes is 1. The number of carbonyl (C=O) groups excluding carboxylic acids is 4. The van der Waals surface area contributed by atoms with Gasteiger partial charge in [0.15, 0.2) is 5.67 Å². The van der Waals surface area contributed by atoms with E-state index in [4.69, 9.17) is 0 Å². The molecule has 0 aromatic rings. The van der Waals surface area contributed by atoms with Crippen LogP contribution in [0.3, 0.4) is 0 Å². The summed E-state index contributed by atoms with van der Waals surface area (Å²) < 4.78 is 15.6. The first-order valence-electron chi connectivity index (χ1n) is 10.9. The van der Waals surface area contributed by atoms with Crippen molar-refractivity contribution in [1.29, 1.82) is 0 Å². The van der Waals surface area contributed by atoms with Gasteiger partial charge in [-0.15, -0.1) is 0 Å². The van der Waals surface area contributed by atoms with Gasteiger partial charge < -0.3 is 19.9 Å². The standard InChI is InChI=1S/C23H37FN4O4/c1-16(2)19(20(31)25-17(3)15-29)27(8)21(32)23(24)11-13-28(14-12-23)18(30)9-10-22(4,5)26(6)7/h15-17,19H,11-14H2,1-8H3,(H,25,31)/t17-,19?/m0/s1. The lowest BCUT2D eigenvalue weighted by molar-refractivity contribution is -0.154. The van der Waals surface area contributed by atoms with Gasteiger partial charge >= 0.3 is 0 Å². The summed E-state index contributed by atoms with van der Waals surface area (Å²) in [7, 11) is 5.12. The number of amides is 3. The molecule has 9 heteroatoms. The van der Waals surface area contributed by atoms with E-state index in [-0.39, 0.29) is 31.8 Å². The third kappa shape index (κ3) is 6.76. The average molecular weight is 453 g/mol. The van der Waals surface area contributed by atoms with E-state index in [1.165, 1.54) is 18.9 Å². The Hall–Kier alpha value is -2.47. The van der Waals surface area contributed by atoms with Gasteiger partial charge in [0.05, 0.1) is 11.6 Å². The van der Waals surface area contributed by atoms with Gasteiger partial charge in [0.2, 0.25) is 5.91 Å². The molecule has 180 valence electrons. The van der Waals surface area contributed by atoms with Crippen molar-refractivity contribution in [3.63, 3.8) is 0 Å². The van der Waals surface area contributed by atoms with Gasteiger partial charge in [-0.25, -0.2) is 4.39 Å². The quantitative estimate of drug-likeness (QED) is 0.457. The van der Waals surface area contributed by atoms with Crippen LogP contribution in [0.1, 0.15) is 47.5 Å². The predicted molar refractivity (Wildman–Crippen MR) is 120 cm³/mol. The van der Waals surface area contributed by atoms with E-state index in [1.807, 2.05) is 32.8 Å². The van der Waals surface area contributed by atoms with E-state index in [0.717, 1.165) is 4.90 Å². The van der Waals surface area contributed by atoms with Crippen molar-refractivity contribution in [2.75, 3.05) is 34.2 Å². The van der Waals surface area contributed by atoms with Gasteiger partial charge in [-0.1, -0.05) is 19.8 Å². The van der Waals surface area contributed by atoms with Gasteiger partial charge in [0.25, 0.3) is 11.8 Å². The number of rotatable bonds is 7. The van der Waals surface area contributed by atoms with Gasteiger partial charge in [0.1, 0.15) is 12.3 Å². The fourth-order valence-corrected chi connectivity index (χ4v) is 3.39. The first-order valence-corrected chi connectivity index (χ1v) is 10.9. The molecular formula is C23H37FN4O4. The van der Waals surface area contributed by atoms with Crippen molar-refractivity contribution in [2.24, 2.45) is 5.92 Å². The molecule has 1 N–H and O–H groups in total. The Bertz CT molecular complexity index is 777. The van der Waals surface area contributed by atoms with Crippen LogP contribution in [0.4, 0.5) is 4.39 Å². The summed E-state index contributed by atoms with van der Waals surface area (Å²) in [5.41, 5.74) is -2.66. The number of nitrogens with one attached hydrogen (secondary N) is 1. The summed E-state index contributed by atoms with van der Waals surface area (Å²) >= 11 is 0. The molecule has 32 heavy (non-hydrogen) atoms. The number of hydrogen-bond donors (Lipinski definition) is 1. The second-order valence-electron chi connectivity index (χ2n) is 9.50. The molecule has 1 heterocycles. The van der Waals surface area contributed by atoms with Crippen LogP contribution in [-0.2, 0) is 19.2 Å². The van der Waals surface area contributed by atoms with Gasteiger partial charge in [0, 0.05) is 33.0 Å². The van der Waals surface area contributed by atoms with E-state index in [9.17, 15) is 19.2 Å². The van der Waals surface area contributed by atoms with Gasteiger partial charge in [-0.05, 0) is 46.7 Å². The lowest BCUT2D eigenvalue weighted by Gasteiger charge is -2.39. The zero-order valence-electron chi connectivity index (χ0n) is 20.5. The highest BCUT2D eigenvalue weighted by Gasteiger charge is 2.46. The molecule has 0 saturated carbocycles. The second kappa shape index (κ2) is 10.9. The first kappa shape index (κ1) is 27.6. The van der Waals surface area contributed by atoms with Gasteiger partial charge in [-0.2, -0.15) is 0 Å². The number of piperidine rings is 1. The average Bonchev–Trinajstić information content (AvgIpc) is 2.71. The number of likely N-dealkylation sites (tertiary alicyclic amines) is 1. The van der Waals surface area contributed by atoms with E-state index in [1.54, 1.807) is 13.8 Å². The number of hydrogen-bond acceptors (Lipinski definition) is 5. The molecule has 0 radical (unpaired) electrons. The molecule has 0 spiro atoms. The van der Waals surface area contributed by atoms with Crippen LogP contribution >= 0.6 is 0 Å². The van der Waals surface area contributed by atoms with Crippen molar-refractivity contribution in [3.8, 4) is 11.8 Å². The van der Waals surface area contributed by atoms with Crippen LogP contribution in [0.5, 0.6) is 0 Å². The number of likely N-dealkylation sites (N-methyl/N-ethyl adjacent to an activating group) is 1. The zero-order valence-corrected chi connectivity index (χ0v) is 20.5. The summed E-state index contributed by atoms with van der Waals surface area (Å²) in [5, 5.41) is 2.52. The molecule has 8 nitrogen and oxygen atoms in total. The Labute approximate surface area is 190 Å². The molecular weight excluding hydrogens is 415 g/mol. The lowest BCUT2D eigenvalue weighted by atomic mass is 9.90. The molecule has 1 fully saturated rings. The van der Waals surface area contributed by atoms with E-state index >= 15 is 4.39 Å². The fourth-order valence-electron chi connectivity index (χ4n) is 3.39. The largest absolute Gasteiger partial charge is 0.345 e. The third-order valence-corrected chi connectivity index (χ3v) is 6.03. The minimum absolute atomic E-state index is 0.0622. The molecule has 0 aromatic heterocycles. The Morgan fingerprint density at radius 3 is 2.09 bits per heavy atom. The summed E-state index contributed by atoms with van der Waals surface area (Å²) in [4.78, 5) is 53.3. The predicted octanol–water partition coefficient (Wildman–Crippen LogP) is 0.847. The van der Waals surface area contributed by atoms with Crippen LogP contribution < -0.4 is 5.32 Å². The minimum Gasteiger partial charge on any atom is -0.345 e. The zero-order chi connectivity index (χ0) is 24.9. The van der Waals surface area contributed by atoms with Gasteiger partial charge in [-0.3, -0.25) is 19.3 Å². The molecule has 1 aliphatic heterocycles. The summed E-state index contributed by atoms with van der Waals surface area (Å²) in [6, 6.07) is -1.63. The second-order valence-corrected chi connectivity index (χ2v) is 9.50. The molecule has 1 saturated heterocycles. The molecule has 0 bridgehead atoms. The molecule has 1 rings (SSSR count). The maximum atomic E-state index is 15.6. The SMILES string of the molecule is CC(C)C(C(=O)N[C@@H](C)C=O)N(C)C(=O)C1(F)CCN(C(=O)C#CC(C)(C)N(C)C)CC1. The van der Waals surface area contributed by atoms with Crippen LogP contribution in [0.15, 0.2) is 0 Å². The highest BCUT2D eigenvalue weighted by molar-refractivity contribution is 5.95. The van der Waals surface area contributed by atoms with E-state index < -0.39 is 41.0 Å². The van der Waals surface area contributed by atoms with E-state index in [0.29, 0.717) is 6.29 Å². The van der Waals surface area contributed by atoms with Crippen molar-refractivity contribution in [3.05, 3.63) is 0 Å². The maximum absolute atomic E-state index is 15.6. The summed E-state index contributed by atoms with van der Waals surface area (Å²) in [6.07, 6.45) is 0.249. The van der Waals surface area contributed by atoms with Crippen molar-refractivity contribution in [2.45, 2.75) is 70.8 Å². The number of halogens is 1. The number of carbonyl (C=O) groups is 4. The fraction of sp³-hybridized carbons (Fsp3) is 0.739. The third-order valence-electron chi connectivity index (χ3n) is 6.03. The first-order chi connectivity index (χ1) is 14.7. The van der Waals surface area contributed by atoms with Crippen LogP contribution in [-0.4, -0.2) is 96.2 Å². The normalized spacial score (nSPS) is 17.8. The van der Waals surface area contributed by atoms with Crippen molar-refractivity contribution >= 4 is 24.0 Å². The maximum Gasteiger partial charge on any atom is 0.298 e. The number of alkyl halides is 1. The number of nitrogens with zero attached hydrogens (tertiary/aromatic N) is 3. The molecule has 1 unspecified atom stereocenters. The van der Waals surface area contributed by atoms with Crippen molar-refractivity contribution < 1.29 is 23.6 Å². The topological polar surface area (TPSA) is 90.0 Å². The monoisotopic (exact) mass is 452 g/mol. The van der Waals surface area contributed by atoms with Crippen LogP contribution in [0, 0.1) is 17.8 Å². The Balaban J connectivity index is 2.87. The van der Waals surface area contributed by atoms with Crippen LogP contribution in [0.2, 0.25) is 0 Å². The summed E-state index contributed by atoms with van der Waals surface area (Å²) in [6.45, 7) is 8.93. The Morgan fingerprint density at radius 2 is 1.66 bits per heavy atom. The smallest absolute Gasteiger partial charge is 0.298 e. The van der Waals surface area contributed by atoms with E-state index in [2.05, 4.69) is 17.2 Å². The molecule has 2 atom stereocenters. The van der Waals surface area contributed by atoms with Crippen LogP contribution in [0.25, 0.3) is 0 Å². The highest BCUT2D eigenvalue weighted by Crippen LogP contribution is 2.30. The minimum atomic E-state index is -2.18. The Morgan fingerprint density at radius 1 is 1.12 bits per heavy atom. The molecule has 3 amide bonds. The molecule has 0 aromatic carbocycles. The van der Waals surface area contributed by atoms with Crippen molar-refractivity contribution in [1.82, 2.24) is 20.0 Å². The molecule has 1 aliphatic rings. The lowest BCUT2D eigenvalue weighted by Crippen LogP contribution is -2.59. The highest BCUT2D eigenvalue weighted by atomic mass is 19.1. The molecule has 0 aliphatic carbocycles. The summed E-state index contributed by atoms with van der Waals surface area (Å²) in [5.74, 6) is 3.56. The Kier molecular flexibility index (Phi) is 9.39.